The monoisotopic (exact) mass is 389 g/mol. The van der Waals surface area contributed by atoms with Gasteiger partial charge in [-0.3, -0.25) is 0 Å². The Morgan fingerprint density at radius 2 is 1.59 bits per heavy atom. The van der Waals surface area contributed by atoms with Gasteiger partial charge in [0.15, 0.2) is 0 Å². The molecule has 0 spiro atoms. The molecule has 1 N–H and O–H groups in total. The van der Waals surface area contributed by atoms with E-state index >= 15 is 0 Å². The van der Waals surface area contributed by atoms with E-state index in [0.717, 1.165) is 5.56 Å². The van der Waals surface area contributed by atoms with E-state index in [4.69, 9.17) is 0 Å². The summed E-state index contributed by atoms with van der Waals surface area (Å²) in [6, 6.07) is 14.0. The smallest absolute Gasteiger partial charge is 0.337 e. The van der Waals surface area contributed by atoms with Gasteiger partial charge in [-0.05, 0) is 41.2 Å². The van der Waals surface area contributed by atoms with Gasteiger partial charge in [0.05, 0.1) is 18.4 Å². The van der Waals surface area contributed by atoms with E-state index in [1.165, 1.54) is 12.7 Å². The van der Waals surface area contributed by atoms with Gasteiger partial charge < -0.3 is 4.74 Å². The number of hydrogen-bond donors (Lipinski definition) is 1. The predicted molar refractivity (Wildman–Crippen MR) is 107 cm³/mol. The van der Waals surface area contributed by atoms with Crippen molar-refractivity contribution < 1.29 is 17.9 Å². The number of rotatable bonds is 6. The van der Waals surface area contributed by atoms with Crippen molar-refractivity contribution in [1.29, 1.82) is 0 Å². The molecule has 0 heterocycles. The van der Waals surface area contributed by atoms with Crippen LogP contribution in [-0.2, 0) is 25.9 Å². The molecule has 0 unspecified atom stereocenters. The molecule has 0 saturated carbocycles. The molecule has 0 saturated heterocycles. The van der Waals surface area contributed by atoms with E-state index in [2.05, 4.69) is 30.2 Å². The van der Waals surface area contributed by atoms with Gasteiger partial charge in [-0.25, -0.2) is 17.9 Å². The third kappa shape index (κ3) is 5.91. The molecule has 0 aliphatic heterocycles. The minimum Gasteiger partial charge on any atom is -0.465 e. The first kappa shape index (κ1) is 21.1. The van der Waals surface area contributed by atoms with Crippen LogP contribution in [-0.4, -0.2) is 21.5 Å². The van der Waals surface area contributed by atoms with Crippen molar-refractivity contribution in [3.63, 3.8) is 0 Å². The first-order valence-electron chi connectivity index (χ1n) is 8.79. The molecule has 1 atom stereocenters. The van der Waals surface area contributed by atoms with E-state index < -0.39 is 16.0 Å². The molecule has 0 amide bonds. The van der Waals surface area contributed by atoms with Crippen LogP contribution in [0.3, 0.4) is 0 Å². The van der Waals surface area contributed by atoms with Gasteiger partial charge >= 0.3 is 5.97 Å². The zero-order valence-electron chi connectivity index (χ0n) is 16.4. The summed E-state index contributed by atoms with van der Waals surface area (Å²) in [6.45, 7) is 8.24. The summed E-state index contributed by atoms with van der Waals surface area (Å²) in [5.74, 6) is -0.603. The molecule has 0 fully saturated rings. The standard InChI is InChI=1S/C21H27NO4S/c1-15(17-10-12-19(13-11-17)21(2,3)4)22-27(24,25)14-16-6-8-18(9-7-16)20(23)26-5/h6-13,15,22H,14H2,1-5H3/t15-/m0/s1. The van der Waals surface area contributed by atoms with Crippen LogP contribution in [0.25, 0.3) is 0 Å². The number of carbonyl (C=O) groups is 1. The van der Waals surface area contributed by atoms with Crippen molar-refractivity contribution in [3.8, 4) is 0 Å². The first-order chi connectivity index (χ1) is 12.5. The highest BCUT2D eigenvalue weighted by Gasteiger charge is 2.18. The zero-order chi connectivity index (χ0) is 20.2. The van der Waals surface area contributed by atoms with Crippen molar-refractivity contribution in [2.45, 2.75) is 44.9 Å². The SMILES string of the molecule is COC(=O)c1ccc(CS(=O)(=O)N[C@@H](C)c2ccc(C(C)(C)C)cc2)cc1. The molecule has 0 aliphatic carbocycles. The van der Waals surface area contributed by atoms with Gasteiger partial charge in [0, 0.05) is 6.04 Å². The van der Waals surface area contributed by atoms with Crippen LogP contribution >= 0.6 is 0 Å². The maximum Gasteiger partial charge on any atom is 0.337 e. The van der Waals surface area contributed by atoms with Crippen molar-refractivity contribution in [2.24, 2.45) is 0 Å². The summed E-state index contributed by atoms with van der Waals surface area (Å²) in [6.07, 6.45) is 0. The van der Waals surface area contributed by atoms with Gasteiger partial charge in [-0.1, -0.05) is 57.2 Å². The Morgan fingerprint density at radius 1 is 1.04 bits per heavy atom. The molecule has 2 rings (SSSR count). The van der Waals surface area contributed by atoms with Crippen molar-refractivity contribution in [1.82, 2.24) is 4.72 Å². The third-order valence-corrected chi connectivity index (χ3v) is 5.79. The van der Waals surface area contributed by atoms with E-state index in [0.29, 0.717) is 11.1 Å². The minimum atomic E-state index is -3.53. The van der Waals surface area contributed by atoms with Crippen LogP contribution in [0.4, 0.5) is 0 Å². The maximum absolute atomic E-state index is 12.5. The molecule has 6 heteroatoms. The Morgan fingerprint density at radius 3 is 2.07 bits per heavy atom. The van der Waals surface area contributed by atoms with E-state index in [9.17, 15) is 13.2 Å². The average Bonchev–Trinajstić information content (AvgIpc) is 2.60. The number of benzene rings is 2. The van der Waals surface area contributed by atoms with Crippen molar-refractivity contribution >= 4 is 16.0 Å². The zero-order valence-corrected chi connectivity index (χ0v) is 17.3. The number of hydrogen-bond acceptors (Lipinski definition) is 4. The Hall–Kier alpha value is -2.18. The molecule has 0 radical (unpaired) electrons. The second kappa shape index (κ2) is 8.23. The summed E-state index contributed by atoms with van der Waals surface area (Å²) >= 11 is 0. The van der Waals surface area contributed by atoms with Crippen LogP contribution in [0.2, 0.25) is 0 Å². The fourth-order valence-electron chi connectivity index (χ4n) is 2.73. The lowest BCUT2D eigenvalue weighted by molar-refractivity contribution is 0.0600. The largest absolute Gasteiger partial charge is 0.465 e. The highest BCUT2D eigenvalue weighted by Crippen LogP contribution is 2.24. The molecule has 27 heavy (non-hydrogen) atoms. The number of carbonyl (C=O) groups excluding carboxylic acids is 1. The molecule has 0 aromatic heterocycles. The van der Waals surface area contributed by atoms with E-state index in [-0.39, 0.29) is 17.2 Å². The summed E-state index contributed by atoms with van der Waals surface area (Å²) in [5.41, 5.74) is 3.15. The summed E-state index contributed by atoms with van der Waals surface area (Å²) in [5, 5.41) is 0. The first-order valence-corrected chi connectivity index (χ1v) is 10.4. The van der Waals surface area contributed by atoms with Crippen molar-refractivity contribution in [3.05, 3.63) is 70.8 Å². The van der Waals surface area contributed by atoms with Crippen LogP contribution in [0.1, 0.15) is 60.8 Å². The summed E-state index contributed by atoms with van der Waals surface area (Å²) < 4.78 is 32.3. The molecular formula is C21H27NO4S. The lowest BCUT2D eigenvalue weighted by atomic mass is 9.86. The van der Waals surface area contributed by atoms with Gasteiger partial charge in [0.2, 0.25) is 10.0 Å². The van der Waals surface area contributed by atoms with Gasteiger partial charge in [0.25, 0.3) is 0 Å². The van der Waals surface area contributed by atoms with E-state index in [1.807, 2.05) is 31.2 Å². The number of methoxy groups -OCH3 is 1. The fourth-order valence-corrected chi connectivity index (χ4v) is 4.11. The predicted octanol–water partition coefficient (Wildman–Crippen LogP) is 3.95. The minimum absolute atomic E-state index is 0.0532. The number of sulfonamides is 1. The number of nitrogens with one attached hydrogen (secondary N) is 1. The second-order valence-electron chi connectivity index (χ2n) is 7.66. The van der Waals surface area contributed by atoms with Crippen LogP contribution in [0.15, 0.2) is 48.5 Å². The van der Waals surface area contributed by atoms with Crippen molar-refractivity contribution in [2.75, 3.05) is 7.11 Å². The topological polar surface area (TPSA) is 72.5 Å². The lowest BCUT2D eigenvalue weighted by Gasteiger charge is -2.20. The Labute approximate surface area is 161 Å². The fraction of sp³-hybridized carbons (Fsp3) is 0.381. The van der Waals surface area contributed by atoms with Crippen LogP contribution in [0.5, 0.6) is 0 Å². The highest BCUT2D eigenvalue weighted by molar-refractivity contribution is 7.88. The van der Waals surface area contributed by atoms with Crippen LogP contribution < -0.4 is 4.72 Å². The third-order valence-electron chi connectivity index (χ3n) is 4.36. The van der Waals surface area contributed by atoms with Gasteiger partial charge in [0.1, 0.15) is 0 Å². The quantitative estimate of drug-likeness (QED) is 0.759. The second-order valence-corrected chi connectivity index (χ2v) is 9.41. The summed E-state index contributed by atoms with van der Waals surface area (Å²) in [4.78, 5) is 11.4. The molecule has 5 nitrogen and oxygen atoms in total. The average molecular weight is 390 g/mol. The lowest BCUT2D eigenvalue weighted by Crippen LogP contribution is -2.28. The number of esters is 1. The highest BCUT2D eigenvalue weighted by atomic mass is 32.2. The number of ether oxygens (including phenoxy) is 1. The Bertz CT molecular complexity index is 879. The van der Waals surface area contributed by atoms with Gasteiger partial charge in [-0.15, -0.1) is 0 Å². The van der Waals surface area contributed by atoms with Crippen LogP contribution in [0, 0.1) is 0 Å². The molecular weight excluding hydrogens is 362 g/mol. The molecule has 0 aliphatic rings. The van der Waals surface area contributed by atoms with Gasteiger partial charge in [-0.2, -0.15) is 0 Å². The molecule has 2 aromatic rings. The molecule has 2 aromatic carbocycles. The van der Waals surface area contributed by atoms with E-state index in [1.54, 1.807) is 24.3 Å². The maximum atomic E-state index is 12.5. The molecule has 146 valence electrons. The molecule has 0 bridgehead atoms. The Balaban J connectivity index is 2.05. The Kier molecular flexibility index (Phi) is 6.44. The normalized spacial score (nSPS) is 13.2. The summed E-state index contributed by atoms with van der Waals surface area (Å²) in [7, 11) is -2.22.